The molecule has 11 heavy (non-hydrogen) atoms. The molecule has 0 atom stereocenters. The fourth-order valence-corrected chi connectivity index (χ4v) is 0.640. The van der Waals surface area contributed by atoms with Crippen LogP contribution in [0.25, 0.3) is 0 Å². The number of carbonyl (C=O) groups excluding carboxylic acids is 1. The van der Waals surface area contributed by atoms with E-state index in [0.717, 1.165) is 0 Å². The molecule has 0 saturated heterocycles. The molecule has 0 aliphatic carbocycles. The van der Waals surface area contributed by atoms with Crippen LogP contribution in [0.2, 0.25) is 0 Å². The Labute approximate surface area is 64.6 Å². The third-order valence-electron chi connectivity index (χ3n) is 1.26. The van der Waals surface area contributed by atoms with Crippen molar-refractivity contribution in [2.75, 3.05) is 0 Å². The van der Waals surface area contributed by atoms with E-state index in [1.54, 1.807) is 13.1 Å². The van der Waals surface area contributed by atoms with E-state index in [1.165, 1.54) is 6.39 Å². The Kier molecular flexibility index (Phi) is 2.66. The Morgan fingerprint density at radius 2 is 2.64 bits per heavy atom. The summed E-state index contributed by atoms with van der Waals surface area (Å²) in [5.41, 5.74) is 0. The first-order valence-corrected chi connectivity index (χ1v) is 3.47. The quantitative estimate of drug-likeness (QED) is 0.697. The molecule has 1 aromatic heterocycles. The standard InChI is InChI=1S/C7H10N2O2/c1-2-7(10)9-4-6-3-8-5-11-6/h3,5H,2,4H2,1H3,(H,9,10). The molecule has 1 heterocycles. The number of hydrogen-bond acceptors (Lipinski definition) is 3. The number of aromatic nitrogens is 1. The highest BCUT2D eigenvalue weighted by atomic mass is 16.3. The molecule has 0 aromatic carbocycles. The highest BCUT2D eigenvalue weighted by Gasteiger charge is 1.98. The van der Waals surface area contributed by atoms with Crippen LogP contribution in [0.15, 0.2) is 17.0 Å². The molecule has 0 fully saturated rings. The van der Waals surface area contributed by atoms with Crippen LogP contribution in [0, 0.1) is 0 Å². The van der Waals surface area contributed by atoms with Crippen molar-refractivity contribution in [2.24, 2.45) is 0 Å². The van der Waals surface area contributed by atoms with E-state index in [4.69, 9.17) is 4.42 Å². The van der Waals surface area contributed by atoms with Gasteiger partial charge in [-0.1, -0.05) is 6.92 Å². The second kappa shape index (κ2) is 3.75. The fourth-order valence-electron chi connectivity index (χ4n) is 0.640. The van der Waals surface area contributed by atoms with Crippen LogP contribution in [0.3, 0.4) is 0 Å². The van der Waals surface area contributed by atoms with Crippen molar-refractivity contribution in [3.8, 4) is 0 Å². The summed E-state index contributed by atoms with van der Waals surface area (Å²) in [5.74, 6) is 0.688. The summed E-state index contributed by atoms with van der Waals surface area (Å²) in [6, 6.07) is 0. The second-order valence-corrected chi connectivity index (χ2v) is 2.10. The van der Waals surface area contributed by atoms with E-state index in [2.05, 4.69) is 10.3 Å². The van der Waals surface area contributed by atoms with E-state index in [9.17, 15) is 4.79 Å². The Bertz CT molecular complexity index is 218. The van der Waals surface area contributed by atoms with Crippen molar-refractivity contribution in [1.82, 2.24) is 10.3 Å². The minimum Gasteiger partial charge on any atom is -0.447 e. The van der Waals surface area contributed by atoms with Crippen LogP contribution < -0.4 is 5.32 Å². The van der Waals surface area contributed by atoms with Gasteiger partial charge in [-0.2, -0.15) is 0 Å². The average molecular weight is 154 g/mol. The fraction of sp³-hybridized carbons (Fsp3) is 0.429. The van der Waals surface area contributed by atoms with Crippen molar-refractivity contribution in [3.63, 3.8) is 0 Å². The van der Waals surface area contributed by atoms with Crippen molar-refractivity contribution in [1.29, 1.82) is 0 Å². The van der Waals surface area contributed by atoms with Gasteiger partial charge in [0.25, 0.3) is 0 Å². The minimum absolute atomic E-state index is 0.0152. The maximum atomic E-state index is 10.7. The molecular formula is C7H10N2O2. The number of rotatable bonds is 3. The minimum atomic E-state index is 0.0152. The number of nitrogens with one attached hydrogen (secondary N) is 1. The van der Waals surface area contributed by atoms with E-state index in [-0.39, 0.29) is 5.91 Å². The summed E-state index contributed by atoms with van der Waals surface area (Å²) in [7, 11) is 0. The zero-order chi connectivity index (χ0) is 8.10. The maximum Gasteiger partial charge on any atom is 0.220 e. The van der Waals surface area contributed by atoms with Gasteiger partial charge in [0.1, 0.15) is 5.76 Å². The Balaban J connectivity index is 2.29. The van der Waals surface area contributed by atoms with Crippen molar-refractivity contribution >= 4 is 5.91 Å². The molecule has 1 N–H and O–H groups in total. The van der Waals surface area contributed by atoms with Crippen LogP contribution in [0.5, 0.6) is 0 Å². The zero-order valence-corrected chi connectivity index (χ0v) is 6.33. The Hall–Kier alpha value is -1.32. The van der Waals surface area contributed by atoms with Gasteiger partial charge >= 0.3 is 0 Å². The summed E-state index contributed by atoms with van der Waals surface area (Å²) in [5, 5.41) is 2.66. The summed E-state index contributed by atoms with van der Waals surface area (Å²) in [6.07, 6.45) is 3.41. The molecule has 0 radical (unpaired) electrons. The molecular weight excluding hydrogens is 144 g/mol. The van der Waals surface area contributed by atoms with E-state index in [0.29, 0.717) is 18.7 Å². The molecule has 0 aliphatic heterocycles. The second-order valence-electron chi connectivity index (χ2n) is 2.10. The van der Waals surface area contributed by atoms with Gasteiger partial charge < -0.3 is 9.73 Å². The number of hydrogen-bond donors (Lipinski definition) is 1. The Morgan fingerprint density at radius 1 is 1.82 bits per heavy atom. The van der Waals surface area contributed by atoms with E-state index >= 15 is 0 Å². The van der Waals surface area contributed by atoms with Gasteiger partial charge in [-0.15, -0.1) is 0 Å². The summed E-state index contributed by atoms with van der Waals surface area (Å²) >= 11 is 0. The smallest absolute Gasteiger partial charge is 0.220 e. The first-order valence-electron chi connectivity index (χ1n) is 3.47. The molecule has 0 aliphatic rings. The van der Waals surface area contributed by atoms with Gasteiger partial charge in [0.05, 0.1) is 12.7 Å². The van der Waals surface area contributed by atoms with E-state index in [1.807, 2.05) is 0 Å². The number of amides is 1. The average Bonchev–Trinajstić information content (AvgIpc) is 2.52. The number of nitrogens with zero attached hydrogens (tertiary/aromatic N) is 1. The number of oxazole rings is 1. The van der Waals surface area contributed by atoms with Gasteiger partial charge in [-0.05, 0) is 0 Å². The van der Waals surface area contributed by atoms with Crippen LogP contribution in [0.4, 0.5) is 0 Å². The normalized spacial score (nSPS) is 9.55. The third-order valence-corrected chi connectivity index (χ3v) is 1.26. The predicted molar refractivity (Wildman–Crippen MR) is 38.6 cm³/mol. The lowest BCUT2D eigenvalue weighted by Gasteiger charge is -1.97. The van der Waals surface area contributed by atoms with Gasteiger partial charge in [0.15, 0.2) is 6.39 Å². The molecule has 1 aromatic rings. The first-order chi connectivity index (χ1) is 5.33. The molecule has 0 spiro atoms. The van der Waals surface area contributed by atoms with Gasteiger partial charge in [-0.25, -0.2) is 4.98 Å². The molecule has 0 bridgehead atoms. The predicted octanol–water partition coefficient (Wildman–Crippen LogP) is 0.701. The molecule has 4 nitrogen and oxygen atoms in total. The molecule has 60 valence electrons. The highest BCUT2D eigenvalue weighted by Crippen LogP contribution is 1.94. The lowest BCUT2D eigenvalue weighted by atomic mass is 10.4. The molecule has 1 amide bonds. The van der Waals surface area contributed by atoms with Crippen molar-refractivity contribution in [2.45, 2.75) is 19.9 Å². The van der Waals surface area contributed by atoms with Crippen LogP contribution in [-0.2, 0) is 11.3 Å². The van der Waals surface area contributed by atoms with Crippen molar-refractivity contribution in [3.05, 3.63) is 18.4 Å². The molecule has 0 unspecified atom stereocenters. The van der Waals surface area contributed by atoms with Crippen LogP contribution in [0.1, 0.15) is 19.1 Å². The maximum absolute atomic E-state index is 10.7. The van der Waals surface area contributed by atoms with Gasteiger partial charge in [0, 0.05) is 6.42 Å². The lowest BCUT2D eigenvalue weighted by Crippen LogP contribution is -2.20. The Morgan fingerprint density at radius 3 is 3.18 bits per heavy atom. The summed E-state index contributed by atoms with van der Waals surface area (Å²) in [6.45, 7) is 2.22. The third kappa shape index (κ3) is 2.41. The summed E-state index contributed by atoms with van der Waals surface area (Å²) < 4.78 is 4.90. The van der Waals surface area contributed by atoms with Crippen molar-refractivity contribution < 1.29 is 9.21 Å². The lowest BCUT2D eigenvalue weighted by molar-refractivity contribution is -0.121. The number of carbonyl (C=O) groups is 1. The summed E-state index contributed by atoms with van der Waals surface area (Å²) in [4.78, 5) is 14.4. The zero-order valence-electron chi connectivity index (χ0n) is 6.33. The first kappa shape index (κ1) is 7.78. The largest absolute Gasteiger partial charge is 0.447 e. The molecule has 1 rings (SSSR count). The van der Waals surface area contributed by atoms with Gasteiger partial charge in [0.2, 0.25) is 5.91 Å². The van der Waals surface area contributed by atoms with Crippen LogP contribution >= 0.6 is 0 Å². The highest BCUT2D eigenvalue weighted by molar-refractivity contribution is 5.75. The van der Waals surface area contributed by atoms with E-state index < -0.39 is 0 Å². The SMILES string of the molecule is CCC(=O)NCc1cnco1. The molecule has 4 heteroatoms. The van der Waals surface area contributed by atoms with Gasteiger partial charge in [-0.3, -0.25) is 4.79 Å². The van der Waals surface area contributed by atoms with Crippen LogP contribution in [-0.4, -0.2) is 10.9 Å². The topological polar surface area (TPSA) is 55.1 Å². The molecule has 0 saturated carbocycles. The monoisotopic (exact) mass is 154 g/mol.